The Bertz CT molecular complexity index is 359. The Hall–Kier alpha value is -2.03. The highest BCUT2D eigenvalue weighted by molar-refractivity contribution is 5.80. The first-order chi connectivity index (χ1) is 10.1. The number of methoxy groups -OCH3 is 1. The maximum Gasteiger partial charge on any atom is 0.407 e. The molecule has 0 heterocycles. The first-order valence-electron chi connectivity index (χ1n) is 6.29. The van der Waals surface area contributed by atoms with E-state index in [1.54, 1.807) is 0 Å². The van der Waals surface area contributed by atoms with E-state index in [2.05, 4.69) is 20.1 Å². The molecule has 0 saturated carbocycles. The number of nitrogens with one attached hydrogen (secondary N) is 1. The Labute approximate surface area is 122 Å². The molecule has 1 N–H and O–H groups in total. The zero-order valence-electron chi connectivity index (χ0n) is 12.1. The van der Waals surface area contributed by atoms with Crippen LogP contribution in [0.5, 0.6) is 0 Å². The number of nitrogens with zero attached hydrogens (tertiary/aromatic N) is 3. The average molecular weight is 304 g/mol. The quantitative estimate of drug-likeness (QED) is 0.195. The van der Waals surface area contributed by atoms with Gasteiger partial charge in [0.1, 0.15) is 12.6 Å². The topological polar surface area (TPSA) is 132 Å². The van der Waals surface area contributed by atoms with Crippen LogP contribution in [0.1, 0.15) is 6.92 Å². The molecule has 0 rings (SSSR count). The second-order valence-corrected chi connectivity index (χ2v) is 3.70. The summed E-state index contributed by atoms with van der Waals surface area (Å²) in [6.07, 6.45) is -0.720. The van der Waals surface area contributed by atoms with E-state index in [0.717, 1.165) is 0 Å². The second kappa shape index (κ2) is 13.0. The van der Waals surface area contributed by atoms with E-state index < -0.39 is 18.1 Å². The molecule has 0 radical (unpaired) electrons. The first-order valence-corrected chi connectivity index (χ1v) is 6.29. The minimum Gasteiger partial charge on any atom is -0.467 e. The molecule has 0 aliphatic heterocycles. The van der Waals surface area contributed by atoms with Gasteiger partial charge in [-0.1, -0.05) is 5.11 Å². The van der Waals surface area contributed by atoms with Crippen molar-refractivity contribution in [2.45, 2.75) is 13.0 Å². The van der Waals surface area contributed by atoms with Gasteiger partial charge in [0, 0.05) is 11.5 Å². The number of rotatable bonds is 11. The predicted molar refractivity (Wildman–Crippen MR) is 71.6 cm³/mol. The summed E-state index contributed by atoms with van der Waals surface area (Å²) in [7, 11) is 1.23. The molecule has 0 aliphatic carbocycles. The third-order valence-electron chi connectivity index (χ3n) is 2.12. The molecular formula is C11H20N4O6. The maximum absolute atomic E-state index is 11.2. The molecule has 0 aromatic heterocycles. The zero-order valence-corrected chi connectivity index (χ0v) is 12.1. The first kappa shape index (κ1) is 19.0. The van der Waals surface area contributed by atoms with Crippen molar-refractivity contribution < 1.29 is 28.5 Å². The summed E-state index contributed by atoms with van der Waals surface area (Å²) in [6.45, 7) is 3.04. The van der Waals surface area contributed by atoms with Crippen molar-refractivity contribution in [3.63, 3.8) is 0 Å². The molecule has 0 saturated heterocycles. The van der Waals surface area contributed by atoms with E-state index in [1.165, 1.54) is 14.0 Å². The van der Waals surface area contributed by atoms with Crippen LogP contribution in [0, 0.1) is 0 Å². The van der Waals surface area contributed by atoms with Gasteiger partial charge < -0.3 is 24.3 Å². The molecule has 0 aromatic carbocycles. The molecule has 120 valence electrons. The SMILES string of the molecule is COC(=O)[C@H](C)NC(=O)OCCOCCOCCN=[N+]=[N-]. The number of amides is 1. The third-order valence-corrected chi connectivity index (χ3v) is 2.12. The molecular weight excluding hydrogens is 284 g/mol. The molecule has 1 atom stereocenters. The number of esters is 1. The summed E-state index contributed by atoms with van der Waals surface area (Å²) >= 11 is 0. The monoisotopic (exact) mass is 304 g/mol. The number of ether oxygens (including phenoxy) is 4. The Morgan fingerprint density at radius 3 is 2.43 bits per heavy atom. The van der Waals surface area contributed by atoms with Gasteiger partial charge in [-0.2, -0.15) is 0 Å². The van der Waals surface area contributed by atoms with Gasteiger partial charge in [0.05, 0.1) is 33.5 Å². The second-order valence-electron chi connectivity index (χ2n) is 3.70. The number of hydrogen-bond acceptors (Lipinski definition) is 7. The molecule has 0 unspecified atom stereocenters. The Kier molecular flexibility index (Phi) is 11.7. The smallest absolute Gasteiger partial charge is 0.407 e. The van der Waals surface area contributed by atoms with Crippen LogP contribution >= 0.6 is 0 Å². The van der Waals surface area contributed by atoms with Gasteiger partial charge in [0.2, 0.25) is 0 Å². The lowest BCUT2D eigenvalue weighted by atomic mass is 10.3. The lowest BCUT2D eigenvalue weighted by molar-refractivity contribution is -0.142. The standard InChI is InChI=1S/C11H20N4O6/c1-9(10(16)18-2)14-11(17)21-8-7-20-6-5-19-4-3-13-15-12/h9H,3-8H2,1-2H3,(H,14,17)/t9-/m0/s1. The van der Waals surface area contributed by atoms with Crippen LogP contribution in [0.25, 0.3) is 10.4 Å². The summed E-state index contributed by atoms with van der Waals surface area (Å²) in [5.74, 6) is -0.555. The molecule has 0 bridgehead atoms. The maximum atomic E-state index is 11.2. The molecule has 0 aliphatic rings. The summed E-state index contributed by atoms with van der Waals surface area (Å²) < 4.78 is 19.5. The van der Waals surface area contributed by atoms with Crippen molar-refractivity contribution in [2.24, 2.45) is 5.11 Å². The van der Waals surface area contributed by atoms with Crippen molar-refractivity contribution in [3.05, 3.63) is 10.4 Å². The van der Waals surface area contributed by atoms with Gasteiger partial charge in [0.15, 0.2) is 0 Å². The van der Waals surface area contributed by atoms with E-state index in [9.17, 15) is 9.59 Å². The van der Waals surface area contributed by atoms with Gasteiger partial charge in [-0.05, 0) is 12.5 Å². The molecule has 0 fully saturated rings. The number of carbonyl (C=O) groups excluding carboxylic acids is 2. The van der Waals surface area contributed by atoms with Crippen LogP contribution in [0.15, 0.2) is 5.11 Å². The van der Waals surface area contributed by atoms with Gasteiger partial charge in [-0.25, -0.2) is 9.59 Å². The van der Waals surface area contributed by atoms with E-state index in [-0.39, 0.29) is 19.8 Å². The zero-order chi connectivity index (χ0) is 15.9. The van der Waals surface area contributed by atoms with Gasteiger partial charge >= 0.3 is 12.1 Å². The molecule has 0 aromatic rings. The van der Waals surface area contributed by atoms with Crippen molar-refractivity contribution >= 4 is 12.1 Å². The van der Waals surface area contributed by atoms with E-state index in [0.29, 0.717) is 19.8 Å². The Morgan fingerprint density at radius 1 is 1.19 bits per heavy atom. The normalized spacial score (nSPS) is 11.1. The fraction of sp³-hybridized carbons (Fsp3) is 0.818. The number of azide groups is 1. The van der Waals surface area contributed by atoms with E-state index >= 15 is 0 Å². The average Bonchev–Trinajstić information content (AvgIpc) is 2.48. The van der Waals surface area contributed by atoms with Crippen LogP contribution in [0.2, 0.25) is 0 Å². The third kappa shape index (κ3) is 11.5. The highest BCUT2D eigenvalue weighted by atomic mass is 16.6. The van der Waals surface area contributed by atoms with Crippen molar-refractivity contribution in [2.75, 3.05) is 46.7 Å². The van der Waals surface area contributed by atoms with Crippen molar-refractivity contribution in [1.82, 2.24) is 5.32 Å². The molecule has 1 amide bonds. The fourth-order valence-electron chi connectivity index (χ4n) is 1.12. The van der Waals surface area contributed by atoms with Crippen molar-refractivity contribution in [1.29, 1.82) is 0 Å². The highest BCUT2D eigenvalue weighted by Gasteiger charge is 2.16. The number of carbonyl (C=O) groups is 2. The summed E-state index contributed by atoms with van der Waals surface area (Å²) in [4.78, 5) is 24.9. The number of alkyl carbamates (subject to hydrolysis) is 1. The fourth-order valence-corrected chi connectivity index (χ4v) is 1.12. The molecule has 10 heteroatoms. The molecule has 10 nitrogen and oxygen atoms in total. The van der Waals surface area contributed by atoms with Crippen LogP contribution < -0.4 is 5.32 Å². The van der Waals surface area contributed by atoms with E-state index in [4.69, 9.17) is 19.7 Å². The lowest BCUT2D eigenvalue weighted by Crippen LogP contribution is -2.39. The van der Waals surface area contributed by atoms with E-state index in [1.807, 2.05) is 0 Å². The minimum atomic E-state index is -0.770. The van der Waals surface area contributed by atoms with Crippen LogP contribution in [-0.2, 0) is 23.7 Å². The van der Waals surface area contributed by atoms with Gasteiger partial charge in [-0.15, -0.1) is 0 Å². The predicted octanol–water partition coefficient (Wildman–Crippen LogP) is 0.618. The van der Waals surface area contributed by atoms with Gasteiger partial charge in [0.25, 0.3) is 0 Å². The van der Waals surface area contributed by atoms with Gasteiger partial charge in [-0.3, -0.25) is 0 Å². The van der Waals surface area contributed by atoms with Crippen LogP contribution in [0.4, 0.5) is 4.79 Å². The molecule has 0 spiro atoms. The summed E-state index contributed by atoms with van der Waals surface area (Å²) in [5, 5.41) is 5.60. The Balaban J connectivity index is 3.40. The summed E-state index contributed by atoms with van der Waals surface area (Å²) in [6, 6.07) is -0.770. The van der Waals surface area contributed by atoms with Crippen LogP contribution in [0.3, 0.4) is 0 Å². The Morgan fingerprint density at radius 2 is 1.81 bits per heavy atom. The highest BCUT2D eigenvalue weighted by Crippen LogP contribution is 1.88. The largest absolute Gasteiger partial charge is 0.467 e. The number of hydrogen-bond donors (Lipinski definition) is 1. The van der Waals surface area contributed by atoms with Crippen LogP contribution in [-0.4, -0.2) is 64.8 Å². The molecule has 21 heavy (non-hydrogen) atoms. The minimum absolute atomic E-state index is 0.0540. The summed E-state index contributed by atoms with van der Waals surface area (Å²) in [5.41, 5.74) is 8.02. The van der Waals surface area contributed by atoms with Crippen molar-refractivity contribution in [3.8, 4) is 0 Å². The lowest BCUT2D eigenvalue weighted by Gasteiger charge is -2.11.